The summed E-state index contributed by atoms with van der Waals surface area (Å²) in [5.74, 6) is -0.0952. The molecular weight excluding hydrogens is 194 g/mol. The van der Waals surface area contributed by atoms with Gasteiger partial charge in [0, 0.05) is 18.6 Å². The lowest BCUT2D eigenvalue weighted by Crippen LogP contribution is -2.42. The van der Waals surface area contributed by atoms with Gasteiger partial charge in [-0.05, 0) is 18.3 Å². The van der Waals surface area contributed by atoms with Gasteiger partial charge in [0.1, 0.15) is 0 Å². The van der Waals surface area contributed by atoms with Gasteiger partial charge in [0.2, 0.25) is 0 Å². The maximum absolute atomic E-state index is 13.5. The second-order valence-corrected chi connectivity index (χ2v) is 4.76. The van der Waals surface area contributed by atoms with Gasteiger partial charge in [0.25, 0.3) is 0 Å². The Morgan fingerprint density at radius 3 is 2.13 bits per heavy atom. The second-order valence-electron chi connectivity index (χ2n) is 4.76. The number of halogens is 1. The highest BCUT2D eigenvalue weighted by Gasteiger charge is 2.35. The van der Waals surface area contributed by atoms with Gasteiger partial charge in [-0.25, -0.2) is 4.39 Å². The first-order chi connectivity index (χ1) is 7.00. The van der Waals surface area contributed by atoms with E-state index in [1.807, 2.05) is 6.92 Å². The van der Waals surface area contributed by atoms with Crippen molar-refractivity contribution in [1.82, 2.24) is 0 Å². The van der Waals surface area contributed by atoms with Crippen LogP contribution < -0.4 is 0 Å². The number of rotatable bonds is 3. The van der Waals surface area contributed by atoms with Crippen molar-refractivity contribution in [2.75, 3.05) is 13.2 Å². The summed E-state index contributed by atoms with van der Waals surface area (Å²) in [5.41, 5.74) is 0.700. The molecule has 0 amide bonds. The molecule has 4 heteroatoms. The van der Waals surface area contributed by atoms with Crippen molar-refractivity contribution >= 4 is 7.12 Å². The molecule has 0 aromatic heterocycles. The molecule has 0 aromatic carbocycles. The molecule has 1 heterocycles. The minimum Gasteiger partial charge on any atom is -0.407 e. The van der Waals surface area contributed by atoms with Crippen LogP contribution >= 0.6 is 0 Å². The molecule has 1 aliphatic heterocycles. The summed E-state index contributed by atoms with van der Waals surface area (Å²) in [6.07, 6.45) is 1.06. The first kappa shape index (κ1) is 12.7. The molecule has 0 atom stereocenters. The van der Waals surface area contributed by atoms with E-state index in [0.29, 0.717) is 31.5 Å². The van der Waals surface area contributed by atoms with Gasteiger partial charge in [-0.3, -0.25) is 0 Å². The van der Waals surface area contributed by atoms with Crippen LogP contribution in [0.4, 0.5) is 4.39 Å². The molecule has 1 rings (SSSR count). The summed E-state index contributed by atoms with van der Waals surface area (Å²) in [5, 5.41) is 0. The molecule has 1 aliphatic rings. The third-order valence-electron chi connectivity index (χ3n) is 2.58. The SMILES string of the molecule is CC/C(F)=C(\CC)B1OCC(C)(C)CO1. The van der Waals surface area contributed by atoms with Crippen LogP contribution in [-0.4, -0.2) is 20.3 Å². The number of hydrogen-bond acceptors (Lipinski definition) is 2. The van der Waals surface area contributed by atoms with Crippen molar-refractivity contribution in [3.63, 3.8) is 0 Å². The van der Waals surface area contributed by atoms with Crippen LogP contribution in [0.1, 0.15) is 40.5 Å². The minimum atomic E-state index is -0.469. The molecule has 0 N–H and O–H groups in total. The van der Waals surface area contributed by atoms with Crippen LogP contribution in [0.3, 0.4) is 0 Å². The molecule has 0 aliphatic carbocycles. The van der Waals surface area contributed by atoms with E-state index in [0.717, 1.165) is 0 Å². The fraction of sp³-hybridized carbons (Fsp3) is 0.818. The molecule has 0 unspecified atom stereocenters. The van der Waals surface area contributed by atoms with Crippen LogP contribution in [-0.2, 0) is 9.31 Å². The summed E-state index contributed by atoms with van der Waals surface area (Å²) in [6.45, 7) is 9.13. The van der Waals surface area contributed by atoms with Crippen LogP contribution in [0.2, 0.25) is 0 Å². The monoisotopic (exact) mass is 214 g/mol. The van der Waals surface area contributed by atoms with Gasteiger partial charge in [-0.1, -0.05) is 27.7 Å². The molecule has 1 saturated heterocycles. The normalized spacial score (nSPS) is 22.6. The third kappa shape index (κ3) is 3.31. The molecule has 1 fully saturated rings. The Hall–Kier alpha value is -0.345. The standard InChI is InChI=1S/C11H20BFO2/c1-5-9(10(13)6-2)12-14-7-11(3,4)8-15-12/h5-8H2,1-4H3/b10-9-. The molecule has 0 radical (unpaired) electrons. The summed E-state index contributed by atoms with van der Waals surface area (Å²) < 4.78 is 24.6. The quantitative estimate of drug-likeness (QED) is 0.672. The van der Waals surface area contributed by atoms with E-state index < -0.39 is 7.12 Å². The second kappa shape index (κ2) is 5.13. The van der Waals surface area contributed by atoms with Crippen LogP contribution in [0.25, 0.3) is 0 Å². The van der Waals surface area contributed by atoms with E-state index in [1.54, 1.807) is 6.92 Å². The van der Waals surface area contributed by atoms with Crippen molar-refractivity contribution in [1.29, 1.82) is 0 Å². The summed E-state index contributed by atoms with van der Waals surface area (Å²) in [7, 11) is -0.469. The summed E-state index contributed by atoms with van der Waals surface area (Å²) >= 11 is 0. The number of allylic oxidation sites excluding steroid dienone is 2. The molecule has 86 valence electrons. The van der Waals surface area contributed by atoms with E-state index >= 15 is 0 Å². The van der Waals surface area contributed by atoms with E-state index in [1.165, 1.54) is 0 Å². The lowest BCUT2D eigenvalue weighted by atomic mass is 9.73. The van der Waals surface area contributed by atoms with Gasteiger partial charge in [-0.2, -0.15) is 0 Å². The lowest BCUT2D eigenvalue weighted by Gasteiger charge is -2.33. The molecule has 0 saturated carbocycles. The van der Waals surface area contributed by atoms with Crippen LogP contribution in [0.15, 0.2) is 11.3 Å². The first-order valence-corrected chi connectivity index (χ1v) is 5.60. The largest absolute Gasteiger partial charge is 0.492 e. The van der Waals surface area contributed by atoms with Crippen LogP contribution in [0, 0.1) is 5.41 Å². The maximum Gasteiger partial charge on any atom is 0.492 e. The van der Waals surface area contributed by atoms with E-state index in [-0.39, 0.29) is 11.2 Å². The fourth-order valence-electron chi connectivity index (χ4n) is 1.61. The zero-order valence-electron chi connectivity index (χ0n) is 10.1. The predicted molar refractivity (Wildman–Crippen MR) is 60.2 cm³/mol. The third-order valence-corrected chi connectivity index (χ3v) is 2.58. The molecule has 15 heavy (non-hydrogen) atoms. The Morgan fingerprint density at radius 2 is 1.73 bits per heavy atom. The fourth-order valence-corrected chi connectivity index (χ4v) is 1.61. The Kier molecular flexibility index (Phi) is 4.35. The molecular formula is C11H20BFO2. The molecule has 0 bridgehead atoms. The highest BCUT2D eigenvalue weighted by Crippen LogP contribution is 2.27. The van der Waals surface area contributed by atoms with Gasteiger partial charge in [-0.15, -0.1) is 0 Å². The topological polar surface area (TPSA) is 18.5 Å². The average Bonchev–Trinajstić information content (AvgIpc) is 2.21. The minimum absolute atomic E-state index is 0.0397. The van der Waals surface area contributed by atoms with Gasteiger partial charge < -0.3 is 9.31 Å². The van der Waals surface area contributed by atoms with E-state index in [2.05, 4.69) is 13.8 Å². The smallest absolute Gasteiger partial charge is 0.407 e. The zero-order valence-corrected chi connectivity index (χ0v) is 10.1. The molecule has 0 aromatic rings. The highest BCUT2D eigenvalue weighted by molar-refractivity contribution is 6.54. The lowest BCUT2D eigenvalue weighted by molar-refractivity contribution is 0.0315. The van der Waals surface area contributed by atoms with Crippen molar-refractivity contribution in [2.45, 2.75) is 40.5 Å². The van der Waals surface area contributed by atoms with Crippen molar-refractivity contribution < 1.29 is 13.7 Å². The van der Waals surface area contributed by atoms with Crippen molar-refractivity contribution in [3.05, 3.63) is 11.3 Å². The van der Waals surface area contributed by atoms with E-state index in [4.69, 9.17) is 9.31 Å². The van der Waals surface area contributed by atoms with Crippen molar-refractivity contribution in [3.8, 4) is 0 Å². The van der Waals surface area contributed by atoms with Crippen LogP contribution in [0.5, 0.6) is 0 Å². The first-order valence-electron chi connectivity index (χ1n) is 5.60. The molecule has 2 nitrogen and oxygen atoms in total. The Morgan fingerprint density at radius 1 is 1.20 bits per heavy atom. The predicted octanol–water partition coefficient (Wildman–Crippen LogP) is 3.13. The van der Waals surface area contributed by atoms with Gasteiger partial charge in [0.05, 0.1) is 5.83 Å². The van der Waals surface area contributed by atoms with E-state index in [9.17, 15) is 4.39 Å². The van der Waals surface area contributed by atoms with Gasteiger partial charge >= 0.3 is 7.12 Å². The van der Waals surface area contributed by atoms with Crippen molar-refractivity contribution in [2.24, 2.45) is 5.41 Å². The zero-order chi connectivity index (χ0) is 11.5. The molecule has 0 spiro atoms. The summed E-state index contributed by atoms with van der Waals surface area (Å²) in [6, 6.07) is 0. The Bertz CT molecular complexity index is 241. The Labute approximate surface area is 92.0 Å². The highest BCUT2D eigenvalue weighted by atomic mass is 19.1. The Balaban J connectivity index is 2.66. The summed E-state index contributed by atoms with van der Waals surface area (Å²) in [4.78, 5) is 0. The van der Waals surface area contributed by atoms with Gasteiger partial charge in [0.15, 0.2) is 0 Å². The average molecular weight is 214 g/mol. The maximum atomic E-state index is 13.5. The number of hydrogen-bond donors (Lipinski definition) is 0.